The number of hydrogen-bond donors (Lipinski definition) is 1. The zero-order chi connectivity index (χ0) is 22.0. The number of rotatable bonds is 4. The molecule has 164 valence electrons. The largest absolute Gasteiger partial charge is 0.477 e. The fourth-order valence-corrected chi connectivity index (χ4v) is 4.83. The first-order chi connectivity index (χ1) is 14.9. The highest BCUT2D eigenvalue weighted by atomic mass is 35.5. The van der Waals surface area contributed by atoms with E-state index in [9.17, 15) is 9.59 Å². The van der Waals surface area contributed by atoms with E-state index in [2.05, 4.69) is 5.32 Å². The fraction of sp³-hybridized carbons (Fsp3) is 0.364. The molecule has 0 unspecified atom stereocenters. The molecule has 0 spiro atoms. The number of fused-ring (bicyclic) bond motifs is 1. The quantitative estimate of drug-likeness (QED) is 0.676. The number of carbonyl (C=O) groups excluding carboxylic acids is 2. The first kappa shape index (κ1) is 22.1. The predicted molar refractivity (Wildman–Crippen MR) is 124 cm³/mol. The van der Waals surface area contributed by atoms with Gasteiger partial charge < -0.3 is 19.9 Å². The van der Waals surface area contributed by atoms with Crippen LogP contribution in [0.1, 0.15) is 19.3 Å². The Hall–Kier alpha value is -2.15. The Labute approximate surface area is 196 Å². The Balaban J connectivity index is 1.51. The molecule has 0 radical (unpaired) electrons. The van der Waals surface area contributed by atoms with Crippen LogP contribution >= 0.6 is 34.8 Å². The van der Waals surface area contributed by atoms with Crippen LogP contribution in [0, 0.1) is 0 Å². The average Bonchev–Trinajstić information content (AvgIpc) is 2.76. The number of ether oxygens (including phenoxy) is 1. The minimum Gasteiger partial charge on any atom is -0.477 e. The normalized spacial score (nSPS) is 18.2. The van der Waals surface area contributed by atoms with E-state index in [1.165, 1.54) is 12.1 Å². The molecular weight excluding hydrogens is 461 g/mol. The number of amides is 2. The summed E-state index contributed by atoms with van der Waals surface area (Å²) in [6.07, 6.45) is 2.48. The van der Waals surface area contributed by atoms with Crippen LogP contribution in [0.2, 0.25) is 15.1 Å². The van der Waals surface area contributed by atoms with E-state index in [0.29, 0.717) is 16.5 Å². The zero-order valence-corrected chi connectivity index (χ0v) is 19.0. The monoisotopic (exact) mass is 481 g/mol. The summed E-state index contributed by atoms with van der Waals surface area (Å²) in [6, 6.07) is 10.4. The molecule has 4 rings (SSSR count). The van der Waals surface area contributed by atoms with E-state index in [0.717, 1.165) is 38.0 Å². The minimum atomic E-state index is -0.663. The summed E-state index contributed by atoms with van der Waals surface area (Å²) in [5, 5.41) is 3.65. The van der Waals surface area contributed by atoms with Crippen molar-refractivity contribution in [2.24, 2.45) is 0 Å². The van der Waals surface area contributed by atoms with E-state index in [1.807, 2.05) is 34.1 Å². The molecule has 6 nitrogen and oxygen atoms in total. The van der Waals surface area contributed by atoms with E-state index in [1.54, 1.807) is 0 Å². The summed E-state index contributed by atoms with van der Waals surface area (Å²) in [7, 11) is 0. The van der Waals surface area contributed by atoms with Crippen molar-refractivity contribution in [3.8, 4) is 5.75 Å². The molecule has 9 heteroatoms. The number of carbonyl (C=O) groups is 2. The number of anilines is 2. The lowest BCUT2D eigenvalue weighted by atomic mass is 10.1. The van der Waals surface area contributed by atoms with Crippen molar-refractivity contribution in [2.75, 3.05) is 36.4 Å². The lowest BCUT2D eigenvalue weighted by Gasteiger charge is -2.38. The third kappa shape index (κ3) is 5.03. The highest BCUT2D eigenvalue weighted by Gasteiger charge is 2.34. The van der Waals surface area contributed by atoms with Gasteiger partial charge in [0.25, 0.3) is 5.91 Å². The lowest BCUT2D eigenvalue weighted by Crippen LogP contribution is -2.52. The molecule has 1 saturated heterocycles. The Kier molecular flexibility index (Phi) is 6.80. The third-order valence-corrected chi connectivity index (χ3v) is 6.22. The van der Waals surface area contributed by atoms with Crippen LogP contribution in [0.4, 0.5) is 11.4 Å². The van der Waals surface area contributed by atoms with Gasteiger partial charge in [-0.2, -0.15) is 0 Å². The third-order valence-electron chi connectivity index (χ3n) is 5.41. The summed E-state index contributed by atoms with van der Waals surface area (Å²) in [4.78, 5) is 29.6. The molecule has 1 atom stereocenters. The van der Waals surface area contributed by atoms with Gasteiger partial charge in [0.1, 0.15) is 5.75 Å². The number of piperidine rings is 1. The first-order valence-electron chi connectivity index (χ1n) is 10.2. The van der Waals surface area contributed by atoms with Crippen molar-refractivity contribution < 1.29 is 14.3 Å². The highest BCUT2D eigenvalue weighted by molar-refractivity contribution is 6.42. The van der Waals surface area contributed by atoms with Gasteiger partial charge in [0.15, 0.2) is 6.10 Å². The molecule has 1 fully saturated rings. The number of nitrogens with one attached hydrogen (secondary N) is 1. The average molecular weight is 483 g/mol. The van der Waals surface area contributed by atoms with E-state index in [4.69, 9.17) is 39.5 Å². The molecule has 2 aromatic carbocycles. The summed E-state index contributed by atoms with van der Waals surface area (Å²) >= 11 is 18.3. The Bertz CT molecular complexity index is 972. The molecule has 2 aliphatic heterocycles. The Morgan fingerprint density at radius 2 is 1.71 bits per heavy atom. The Morgan fingerprint density at radius 3 is 2.42 bits per heavy atom. The first-order valence-corrected chi connectivity index (χ1v) is 11.3. The molecule has 2 amide bonds. The van der Waals surface area contributed by atoms with Crippen LogP contribution in [0.25, 0.3) is 0 Å². The second-order valence-corrected chi connectivity index (χ2v) is 8.88. The van der Waals surface area contributed by atoms with Crippen molar-refractivity contribution in [3.05, 3.63) is 51.5 Å². The second kappa shape index (κ2) is 9.55. The fourth-order valence-electron chi connectivity index (χ4n) is 3.92. The number of hydrogen-bond acceptors (Lipinski definition) is 4. The van der Waals surface area contributed by atoms with Gasteiger partial charge in [0, 0.05) is 18.1 Å². The molecule has 0 bridgehead atoms. The number of nitrogens with zero attached hydrogens (tertiary/aromatic N) is 2. The van der Waals surface area contributed by atoms with Crippen molar-refractivity contribution in [1.82, 2.24) is 4.90 Å². The van der Waals surface area contributed by atoms with E-state index >= 15 is 0 Å². The summed E-state index contributed by atoms with van der Waals surface area (Å²) in [6.45, 7) is 1.78. The SMILES string of the molecule is O=C(CN1C[C@H](C(=O)N2CCCCC2)Oc2ccccc21)Nc1c(Cl)cc(Cl)cc1Cl. The van der Waals surface area contributed by atoms with E-state index < -0.39 is 6.10 Å². The van der Waals surface area contributed by atoms with Gasteiger partial charge in [0.2, 0.25) is 5.91 Å². The van der Waals surface area contributed by atoms with Gasteiger partial charge in [0.05, 0.1) is 34.5 Å². The molecule has 2 aliphatic rings. The van der Waals surface area contributed by atoms with Crippen LogP contribution in [0.3, 0.4) is 0 Å². The number of benzene rings is 2. The van der Waals surface area contributed by atoms with Crippen LogP contribution < -0.4 is 15.0 Å². The van der Waals surface area contributed by atoms with Gasteiger partial charge >= 0.3 is 0 Å². The second-order valence-electron chi connectivity index (χ2n) is 7.63. The van der Waals surface area contributed by atoms with Gasteiger partial charge in [-0.3, -0.25) is 9.59 Å². The predicted octanol–water partition coefficient (Wildman–Crippen LogP) is 4.87. The number of para-hydroxylation sites is 2. The summed E-state index contributed by atoms with van der Waals surface area (Å²) in [5.41, 5.74) is 1.06. The molecular formula is C22H22Cl3N3O3. The summed E-state index contributed by atoms with van der Waals surface area (Å²) < 4.78 is 6.01. The standard InChI is InChI=1S/C22H22Cl3N3O3/c23-14-10-15(24)21(16(25)11-14)26-20(29)13-28-12-19(22(30)27-8-4-1-5-9-27)31-18-7-3-2-6-17(18)28/h2-3,6-7,10-11,19H,1,4-5,8-9,12-13H2,(H,26,29)/t19-/m1/s1. The maximum atomic E-state index is 13.0. The van der Waals surface area contributed by atoms with Crippen molar-refractivity contribution in [1.29, 1.82) is 0 Å². The summed E-state index contributed by atoms with van der Waals surface area (Å²) in [5.74, 6) is 0.231. The van der Waals surface area contributed by atoms with Gasteiger partial charge in [-0.05, 0) is 43.5 Å². The topological polar surface area (TPSA) is 61.9 Å². The minimum absolute atomic E-state index is 0.0133. The maximum Gasteiger partial charge on any atom is 0.265 e. The maximum absolute atomic E-state index is 13.0. The van der Waals surface area contributed by atoms with Crippen LogP contribution in [0.15, 0.2) is 36.4 Å². The van der Waals surface area contributed by atoms with E-state index in [-0.39, 0.29) is 34.9 Å². The van der Waals surface area contributed by atoms with Crippen LogP contribution in [0.5, 0.6) is 5.75 Å². The van der Waals surface area contributed by atoms with Crippen molar-refractivity contribution in [3.63, 3.8) is 0 Å². The van der Waals surface area contributed by atoms with Crippen LogP contribution in [-0.2, 0) is 9.59 Å². The highest BCUT2D eigenvalue weighted by Crippen LogP contribution is 2.35. The molecule has 0 saturated carbocycles. The number of likely N-dealkylation sites (tertiary alicyclic amines) is 1. The Morgan fingerprint density at radius 1 is 1.03 bits per heavy atom. The lowest BCUT2D eigenvalue weighted by molar-refractivity contribution is -0.139. The van der Waals surface area contributed by atoms with Crippen molar-refractivity contribution >= 4 is 58.0 Å². The molecule has 1 N–H and O–H groups in total. The molecule has 2 heterocycles. The van der Waals surface area contributed by atoms with Crippen LogP contribution in [-0.4, -0.2) is 49.0 Å². The molecule has 0 aliphatic carbocycles. The number of halogens is 3. The van der Waals surface area contributed by atoms with Gasteiger partial charge in [-0.15, -0.1) is 0 Å². The molecule has 31 heavy (non-hydrogen) atoms. The van der Waals surface area contributed by atoms with Gasteiger partial charge in [-0.25, -0.2) is 0 Å². The smallest absolute Gasteiger partial charge is 0.265 e. The molecule has 2 aromatic rings. The molecule has 0 aromatic heterocycles. The van der Waals surface area contributed by atoms with Crippen molar-refractivity contribution in [2.45, 2.75) is 25.4 Å². The zero-order valence-electron chi connectivity index (χ0n) is 16.7. The van der Waals surface area contributed by atoms with Gasteiger partial charge in [-0.1, -0.05) is 46.9 Å².